The first-order chi connectivity index (χ1) is 5.36. The summed E-state index contributed by atoms with van der Waals surface area (Å²) in [6.45, 7) is 0. The molecule has 0 spiro atoms. The molecule has 0 rings (SSSR count). The first kappa shape index (κ1) is 23.6. The van der Waals surface area contributed by atoms with Crippen molar-refractivity contribution in [3.8, 4) is 0 Å². The van der Waals surface area contributed by atoms with Crippen LogP contribution in [-0.2, 0) is 9.59 Å². The van der Waals surface area contributed by atoms with E-state index in [1.165, 1.54) is 0 Å². The van der Waals surface area contributed by atoms with Gasteiger partial charge in [-0.05, 0) is 6.16 Å². The molecule has 0 aliphatic carbocycles. The molecule has 0 unspecified atom stereocenters. The minimum absolute atomic E-state index is 0. The van der Waals surface area contributed by atoms with Crippen molar-refractivity contribution in [2.45, 2.75) is 0 Å². The van der Waals surface area contributed by atoms with Gasteiger partial charge >= 0.3 is 71.1 Å². The maximum Gasteiger partial charge on any atom is 1.00 e. The summed E-state index contributed by atoms with van der Waals surface area (Å²) in [6.07, 6.45) is -1.22. The van der Waals surface area contributed by atoms with E-state index in [1.54, 1.807) is 0 Å². The predicted molar refractivity (Wildman–Crippen MR) is 29.8 cm³/mol. The van der Waals surface area contributed by atoms with Crippen LogP contribution >= 0.6 is 0 Å². The molecule has 0 aromatic rings. The van der Waals surface area contributed by atoms with Gasteiger partial charge in [-0.2, -0.15) is 0 Å². The molecule has 0 saturated heterocycles. The van der Waals surface area contributed by atoms with Crippen molar-refractivity contribution in [2.75, 3.05) is 0 Å². The van der Waals surface area contributed by atoms with E-state index >= 15 is 0 Å². The molecule has 9 heteroatoms. The zero-order valence-corrected chi connectivity index (χ0v) is 11.6. The molecule has 2 N–H and O–H groups in total. The van der Waals surface area contributed by atoms with Crippen LogP contribution in [0.1, 0.15) is 0 Å². The average Bonchev–Trinajstić information content (AvgIpc) is 1.82. The number of rotatable bonds is 2. The Morgan fingerprint density at radius 2 is 1.00 bits per heavy atom. The fraction of sp³-hybridized carbons (Fsp3) is 0. The summed E-state index contributed by atoms with van der Waals surface area (Å²) in [5.41, 5.74) is 0. The van der Waals surface area contributed by atoms with Gasteiger partial charge in [0.2, 0.25) is 0 Å². The van der Waals surface area contributed by atoms with Crippen molar-refractivity contribution in [3.63, 3.8) is 0 Å². The van der Waals surface area contributed by atoms with Crippen molar-refractivity contribution in [2.24, 2.45) is 0 Å². The van der Waals surface area contributed by atoms with E-state index in [4.69, 9.17) is 25.2 Å². The Bertz CT molecular complexity index is 192. The monoisotopic (exact) mass is 222 g/mol. The maximum absolute atomic E-state index is 9.55. The second-order valence-electron chi connectivity index (χ2n) is 1.26. The van der Waals surface area contributed by atoms with Crippen LogP contribution in [0.4, 0.5) is 4.79 Å². The number of carbonyl (C=O) groups excluding carboxylic acids is 1. The first-order valence-electron chi connectivity index (χ1n) is 2.38. The number of carboxylic acid groups (broad SMARTS) is 4. The van der Waals surface area contributed by atoms with Crippen LogP contribution in [0, 0.1) is 0 Å². The van der Waals surface area contributed by atoms with Gasteiger partial charge in [0.1, 0.15) is 0 Å². The average molecular weight is 222 g/mol. The second-order valence-corrected chi connectivity index (χ2v) is 1.26. The van der Waals surface area contributed by atoms with E-state index in [0.29, 0.717) is 12.2 Å². The fourth-order valence-electron chi connectivity index (χ4n) is 0.143. The molecule has 7 nitrogen and oxygen atoms in total. The van der Waals surface area contributed by atoms with E-state index in [9.17, 15) is 9.59 Å². The van der Waals surface area contributed by atoms with Crippen LogP contribution in [0.5, 0.6) is 0 Å². The Morgan fingerprint density at radius 1 is 0.857 bits per heavy atom. The molecule has 0 atom stereocenters. The summed E-state index contributed by atoms with van der Waals surface area (Å²) in [5.74, 6) is -2.51. The molecule has 0 saturated carbocycles. The summed E-state index contributed by atoms with van der Waals surface area (Å²) in [4.78, 5) is 27.4. The molecule has 0 aliphatic rings. The van der Waals surface area contributed by atoms with Gasteiger partial charge in [0.15, 0.2) is 0 Å². The maximum atomic E-state index is 9.55. The first-order valence-corrected chi connectivity index (χ1v) is 2.38. The molecule has 0 bridgehead atoms. The Balaban J connectivity index is -0.0000000733. The van der Waals surface area contributed by atoms with Gasteiger partial charge < -0.3 is 25.2 Å². The smallest absolute Gasteiger partial charge is 0.652 e. The van der Waals surface area contributed by atoms with Crippen LogP contribution < -0.4 is 69.3 Å². The van der Waals surface area contributed by atoms with Crippen molar-refractivity contribution < 1.29 is 93.9 Å². The van der Waals surface area contributed by atoms with Gasteiger partial charge in [-0.25, -0.2) is 9.59 Å². The standard InChI is InChI=1S/C4H4O4.CH2O3.2Na/c5-3(6)1-2-4(7)8;2-1(3)4;;/h1-2H,(H,5,6)(H,7,8);(H2,2,3,4);;/q;;2*+1/p-2/b2-1-;;;. The number of aliphatic carboxylic acids is 2. The van der Waals surface area contributed by atoms with Crippen LogP contribution in [0.25, 0.3) is 0 Å². The minimum atomic E-state index is -2.33. The Labute approximate surface area is 123 Å². The van der Waals surface area contributed by atoms with E-state index in [0.717, 1.165) is 0 Å². The number of carbonyl (C=O) groups is 3. The topological polar surface area (TPSA) is 138 Å². The van der Waals surface area contributed by atoms with Crippen molar-refractivity contribution in [1.29, 1.82) is 0 Å². The number of hydrogen-bond acceptors (Lipinski definition) is 5. The molecular weight excluding hydrogens is 218 g/mol. The third-order valence-corrected chi connectivity index (χ3v) is 0.368. The Morgan fingerprint density at radius 3 is 1.07 bits per heavy atom. The second kappa shape index (κ2) is 15.4. The Hall–Kier alpha value is -0.0500. The van der Waals surface area contributed by atoms with Gasteiger partial charge in [-0.3, -0.25) is 0 Å². The summed E-state index contributed by atoms with van der Waals surface area (Å²) in [6, 6.07) is 0. The molecule has 14 heavy (non-hydrogen) atoms. The predicted octanol–water partition coefficient (Wildman–Crippen LogP) is -8.73. The van der Waals surface area contributed by atoms with Crippen molar-refractivity contribution in [1.82, 2.24) is 0 Å². The quantitative estimate of drug-likeness (QED) is 0.349. The summed E-state index contributed by atoms with van der Waals surface area (Å²) < 4.78 is 0. The van der Waals surface area contributed by atoms with Crippen LogP contribution in [-0.4, -0.2) is 28.3 Å². The van der Waals surface area contributed by atoms with E-state index in [2.05, 4.69) is 0 Å². The van der Waals surface area contributed by atoms with Crippen molar-refractivity contribution in [3.05, 3.63) is 12.2 Å². The molecule has 0 heterocycles. The molecule has 0 aromatic carbocycles. The van der Waals surface area contributed by atoms with Gasteiger partial charge in [0.25, 0.3) is 0 Å². The normalized spacial score (nSPS) is 7.14. The SMILES string of the molecule is O=C(O)/C=C\C(=O)O.O=C([O-])[O-].[Na+].[Na+]. The minimum Gasteiger partial charge on any atom is -0.652 e. The third-order valence-electron chi connectivity index (χ3n) is 0.368. The zero-order valence-electron chi connectivity index (χ0n) is 7.59. The number of carboxylic acids is 2. The molecule has 0 fully saturated rings. The van der Waals surface area contributed by atoms with E-state index in [-0.39, 0.29) is 59.1 Å². The van der Waals surface area contributed by atoms with Crippen LogP contribution in [0.15, 0.2) is 12.2 Å². The van der Waals surface area contributed by atoms with E-state index < -0.39 is 18.1 Å². The summed E-state index contributed by atoms with van der Waals surface area (Å²) in [7, 11) is 0. The number of hydrogen-bond donors (Lipinski definition) is 2. The molecule has 68 valence electrons. The largest absolute Gasteiger partial charge is 1.00 e. The summed E-state index contributed by atoms with van der Waals surface area (Å²) in [5, 5.41) is 32.3. The van der Waals surface area contributed by atoms with Gasteiger partial charge in [0.05, 0.1) is 0 Å². The molecular formula is C5H4Na2O7. The molecule has 0 aromatic heterocycles. The van der Waals surface area contributed by atoms with Crippen LogP contribution in [0.3, 0.4) is 0 Å². The molecule has 0 radical (unpaired) electrons. The van der Waals surface area contributed by atoms with E-state index in [1.807, 2.05) is 0 Å². The van der Waals surface area contributed by atoms with Gasteiger partial charge in [-0.15, -0.1) is 0 Å². The zero-order chi connectivity index (χ0) is 10.1. The summed E-state index contributed by atoms with van der Waals surface area (Å²) >= 11 is 0. The van der Waals surface area contributed by atoms with Gasteiger partial charge in [-0.1, -0.05) is 0 Å². The Kier molecular flexibility index (Phi) is 26.0. The van der Waals surface area contributed by atoms with Gasteiger partial charge in [0, 0.05) is 12.2 Å². The van der Waals surface area contributed by atoms with Crippen LogP contribution in [0.2, 0.25) is 0 Å². The fourth-order valence-corrected chi connectivity index (χ4v) is 0.143. The molecule has 0 amide bonds. The third kappa shape index (κ3) is 58.5. The molecule has 0 aliphatic heterocycles. The van der Waals surface area contributed by atoms with Crippen molar-refractivity contribution >= 4 is 18.1 Å².